The summed E-state index contributed by atoms with van der Waals surface area (Å²) in [6, 6.07) is -0.473. The average molecular weight is 271 g/mol. The highest BCUT2D eigenvalue weighted by Gasteiger charge is 2.17. The van der Waals surface area contributed by atoms with Gasteiger partial charge in [-0.1, -0.05) is 0 Å². The zero-order valence-electron chi connectivity index (χ0n) is 11.8. The molecule has 2 atom stereocenters. The standard InChI is InChI=1S/C13H25N3O3/c1-3-15-13(18)16-12(17)10(2)19-8-6-11-5-4-7-14-9-11/h10-11,14H,3-9H2,1-2H3,(H2,15,16,17,18). The molecule has 6 heteroatoms. The predicted octanol–water partition coefficient (Wildman–Crippen LogP) is 0.627. The van der Waals surface area contributed by atoms with Crippen LogP contribution >= 0.6 is 0 Å². The van der Waals surface area contributed by atoms with Gasteiger partial charge in [0.1, 0.15) is 6.10 Å². The molecule has 110 valence electrons. The van der Waals surface area contributed by atoms with E-state index in [-0.39, 0.29) is 0 Å². The van der Waals surface area contributed by atoms with Gasteiger partial charge in [-0.25, -0.2) is 4.79 Å². The van der Waals surface area contributed by atoms with Gasteiger partial charge in [0.05, 0.1) is 0 Å². The van der Waals surface area contributed by atoms with Crippen molar-refractivity contribution in [3.05, 3.63) is 0 Å². The minimum Gasteiger partial charge on any atom is -0.369 e. The number of carbonyl (C=O) groups is 2. The second-order valence-electron chi connectivity index (χ2n) is 4.86. The summed E-state index contributed by atoms with van der Waals surface area (Å²) in [4.78, 5) is 22.8. The Labute approximate surface area is 114 Å². The number of piperidine rings is 1. The van der Waals surface area contributed by atoms with Gasteiger partial charge in [0.2, 0.25) is 0 Å². The van der Waals surface area contributed by atoms with Crippen molar-refractivity contribution in [1.29, 1.82) is 0 Å². The van der Waals surface area contributed by atoms with Crippen LogP contribution in [0.5, 0.6) is 0 Å². The van der Waals surface area contributed by atoms with Crippen molar-refractivity contribution in [3.8, 4) is 0 Å². The molecular formula is C13H25N3O3. The Kier molecular flexibility index (Phi) is 7.43. The Balaban J connectivity index is 2.13. The van der Waals surface area contributed by atoms with E-state index in [9.17, 15) is 9.59 Å². The monoisotopic (exact) mass is 271 g/mol. The largest absolute Gasteiger partial charge is 0.369 e. The maximum absolute atomic E-state index is 11.6. The summed E-state index contributed by atoms with van der Waals surface area (Å²) in [7, 11) is 0. The summed E-state index contributed by atoms with van der Waals surface area (Å²) in [6.07, 6.45) is 2.78. The maximum atomic E-state index is 11.6. The molecule has 1 saturated heterocycles. The fourth-order valence-corrected chi connectivity index (χ4v) is 2.08. The third kappa shape index (κ3) is 6.54. The van der Waals surface area contributed by atoms with Crippen molar-refractivity contribution < 1.29 is 14.3 Å². The topological polar surface area (TPSA) is 79.5 Å². The Hall–Kier alpha value is -1.14. The van der Waals surface area contributed by atoms with Crippen LogP contribution in [0.4, 0.5) is 4.79 Å². The van der Waals surface area contributed by atoms with Crippen LogP contribution in [0, 0.1) is 5.92 Å². The van der Waals surface area contributed by atoms with Gasteiger partial charge >= 0.3 is 6.03 Å². The van der Waals surface area contributed by atoms with E-state index >= 15 is 0 Å². The molecule has 3 N–H and O–H groups in total. The first-order valence-electron chi connectivity index (χ1n) is 7.04. The second-order valence-corrected chi connectivity index (χ2v) is 4.86. The van der Waals surface area contributed by atoms with Gasteiger partial charge in [0, 0.05) is 13.2 Å². The van der Waals surface area contributed by atoms with Crippen LogP contribution in [-0.2, 0) is 9.53 Å². The molecule has 1 aliphatic rings. The first-order chi connectivity index (χ1) is 9.13. The number of urea groups is 1. The first kappa shape index (κ1) is 15.9. The van der Waals surface area contributed by atoms with Gasteiger partial charge in [-0.05, 0) is 52.1 Å². The average Bonchev–Trinajstić information content (AvgIpc) is 2.40. The summed E-state index contributed by atoms with van der Waals surface area (Å²) >= 11 is 0. The highest BCUT2D eigenvalue weighted by molar-refractivity contribution is 5.96. The molecule has 0 aromatic carbocycles. The van der Waals surface area contributed by atoms with Crippen molar-refractivity contribution in [2.75, 3.05) is 26.2 Å². The molecule has 0 radical (unpaired) electrons. The molecule has 3 amide bonds. The number of hydrogen-bond donors (Lipinski definition) is 3. The summed E-state index contributed by atoms with van der Waals surface area (Å²) in [5.41, 5.74) is 0. The van der Waals surface area contributed by atoms with Crippen LogP contribution in [0.2, 0.25) is 0 Å². The fourth-order valence-electron chi connectivity index (χ4n) is 2.08. The van der Waals surface area contributed by atoms with E-state index in [1.807, 2.05) is 0 Å². The fraction of sp³-hybridized carbons (Fsp3) is 0.846. The SMILES string of the molecule is CCNC(=O)NC(=O)C(C)OCCC1CCCNC1. The minimum absolute atomic E-state index is 0.396. The van der Waals surface area contributed by atoms with Crippen molar-refractivity contribution in [2.45, 2.75) is 39.2 Å². The van der Waals surface area contributed by atoms with Crippen LogP contribution in [0.1, 0.15) is 33.1 Å². The summed E-state index contributed by atoms with van der Waals surface area (Å²) < 4.78 is 5.47. The number of ether oxygens (including phenoxy) is 1. The number of imide groups is 1. The first-order valence-corrected chi connectivity index (χ1v) is 7.04. The lowest BCUT2D eigenvalue weighted by Crippen LogP contribution is -2.44. The van der Waals surface area contributed by atoms with Crippen molar-refractivity contribution >= 4 is 11.9 Å². The minimum atomic E-state index is -0.598. The molecule has 19 heavy (non-hydrogen) atoms. The smallest absolute Gasteiger partial charge is 0.321 e. The number of amides is 3. The third-order valence-corrected chi connectivity index (χ3v) is 3.24. The molecule has 1 aliphatic heterocycles. The van der Waals surface area contributed by atoms with Gasteiger partial charge < -0.3 is 15.4 Å². The van der Waals surface area contributed by atoms with Crippen molar-refractivity contribution in [1.82, 2.24) is 16.0 Å². The summed E-state index contributed by atoms with van der Waals surface area (Å²) in [6.45, 7) is 6.63. The highest BCUT2D eigenvalue weighted by Crippen LogP contribution is 2.14. The normalized spacial score (nSPS) is 20.6. The molecule has 1 heterocycles. The third-order valence-electron chi connectivity index (χ3n) is 3.24. The lowest BCUT2D eigenvalue weighted by Gasteiger charge is -2.23. The molecule has 0 bridgehead atoms. The maximum Gasteiger partial charge on any atom is 0.321 e. The van der Waals surface area contributed by atoms with Crippen molar-refractivity contribution in [3.63, 3.8) is 0 Å². The van der Waals surface area contributed by atoms with E-state index in [2.05, 4.69) is 16.0 Å². The number of hydrogen-bond acceptors (Lipinski definition) is 4. The van der Waals surface area contributed by atoms with Crippen LogP contribution in [0.3, 0.4) is 0 Å². The van der Waals surface area contributed by atoms with Crippen molar-refractivity contribution in [2.24, 2.45) is 5.92 Å². The molecule has 1 rings (SSSR count). The van der Waals surface area contributed by atoms with E-state index in [1.165, 1.54) is 12.8 Å². The number of nitrogens with one attached hydrogen (secondary N) is 3. The van der Waals surface area contributed by atoms with Gasteiger partial charge in [0.25, 0.3) is 5.91 Å². The Morgan fingerprint density at radius 1 is 1.47 bits per heavy atom. The van der Waals surface area contributed by atoms with Crippen LogP contribution in [0.15, 0.2) is 0 Å². The van der Waals surface area contributed by atoms with Crippen LogP contribution in [0.25, 0.3) is 0 Å². The molecule has 0 aliphatic carbocycles. The molecule has 0 spiro atoms. The molecule has 0 aromatic rings. The zero-order valence-corrected chi connectivity index (χ0v) is 11.8. The number of rotatable bonds is 6. The van der Waals surface area contributed by atoms with E-state index in [1.54, 1.807) is 13.8 Å². The molecule has 6 nitrogen and oxygen atoms in total. The quantitative estimate of drug-likeness (QED) is 0.662. The lowest BCUT2D eigenvalue weighted by atomic mass is 9.97. The Morgan fingerprint density at radius 2 is 2.26 bits per heavy atom. The lowest BCUT2D eigenvalue weighted by molar-refractivity contribution is -0.130. The molecule has 1 fully saturated rings. The van der Waals surface area contributed by atoms with E-state index in [4.69, 9.17) is 4.74 Å². The van der Waals surface area contributed by atoms with Gasteiger partial charge in [-0.3, -0.25) is 10.1 Å². The number of carbonyl (C=O) groups excluding carboxylic acids is 2. The zero-order chi connectivity index (χ0) is 14.1. The van der Waals surface area contributed by atoms with E-state index in [0.29, 0.717) is 19.1 Å². The molecular weight excluding hydrogens is 246 g/mol. The van der Waals surface area contributed by atoms with Crippen LogP contribution < -0.4 is 16.0 Å². The molecule has 0 aromatic heterocycles. The van der Waals surface area contributed by atoms with E-state index in [0.717, 1.165) is 19.5 Å². The second kappa shape index (κ2) is 8.87. The van der Waals surface area contributed by atoms with E-state index < -0.39 is 18.0 Å². The predicted molar refractivity (Wildman–Crippen MR) is 72.8 cm³/mol. The summed E-state index contributed by atoms with van der Waals surface area (Å²) in [5, 5.41) is 8.10. The van der Waals surface area contributed by atoms with Crippen LogP contribution in [-0.4, -0.2) is 44.3 Å². The van der Waals surface area contributed by atoms with Gasteiger partial charge in [-0.2, -0.15) is 0 Å². The van der Waals surface area contributed by atoms with Gasteiger partial charge in [0.15, 0.2) is 0 Å². The Morgan fingerprint density at radius 3 is 2.89 bits per heavy atom. The Bertz CT molecular complexity index is 291. The molecule has 2 unspecified atom stereocenters. The summed E-state index contributed by atoms with van der Waals surface area (Å²) in [5.74, 6) is 0.236. The highest BCUT2D eigenvalue weighted by atomic mass is 16.5. The molecule has 0 saturated carbocycles. The van der Waals surface area contributed by atoms with Gasteiger partial charge in [-0.15, -0.1) is 0 Å².